The lowest BCUT2D eigenvalue weighted by Gasteiger charge is -2.17. The molecular weight excluding hydrogens is 330 g/mol. The largest absolute Gasteiger partial charge is 0.480 e. The van der Waals surface area contributed by atoms with Crippen LogP contribution in [0.3, 0.4) is 0 Å². The number of hydrogen-bond acceptors (Lipinski definition) is 3. The Morgan fingerprint density at radius 3 is 2.58 bits per heavy atom. The number of rotatable bonds is 7. The van der Waals surface area contributed by atoms with Crippen LogP contribution >= 0.6 is 27.3 Å². The number of nitrogens with one attached hydrogen (secondary N) is 1. The van der Waals surface area contributed by atoms with E-state index in [4.69, 9.17) is 5.11 Å². The molecule has 1 aromatic heterocycles. The summed E-state index contributed by atoms with van der Waals surface area (Å²) < 4.78 is 1.08. The van der Waals surface area contributed by atoms with E-state index in [2.05, 4.69) is 21.2 Å². The molecule has 2 N–H and O–H groups in total. The van der Waals surface area contributed by atoms with E-state index in [0.717, 1.165) is 16.6 Å². The molecule has 0 saturated carbocycles. The fourth-order valence-corrected chi connectivity index (χ4v) is 3.19. The van der Waals surface area contributed by atoms with Gasteiger partial charge in [-0.2, -0.15) is 0 Å². The first kappa shape index (κ1) is 16.2. The first-order valence-electron chi connectivity index (χ1n) is 6.16. The minimum Gasteiger partial charge on any atom is -0.480 e. The molecule has 0 aliphatic rings. The molecule has 4 nitrogen and oxygen atoms in total. The molecule has 1 atom stereocenters. The highest BCUT2D eigenvalue weighted by molar-refractivity contribution is 9.11. The van der Waals surface area contributed by atoms with E-state index in [-0.39, 0.29) is 11.8 Å². The second kappa shape index (κ2) is 7.65. The lowest BCUT2D eigenvalue weighted by molar-refractivity contribution is -0.143. The Balaban J connectivity index is 2.33. The Hall–Kier alpha value is -0.880. The third kappa shape index (κ3) is 5.74. The molecule has 1 amide bonds. The van der Waals surface area contributed by atoms with Gasteiger partial charge >= 0.3 is 5.97 Å². The number of amides is 1. The zero-order valence-corrected chi connectivity index (χ0v) is 13.4. The summed E-state index contributed by atoms with van der Waals surface area (Å²) in [6, 6.07) is 3.21. The number of carbonyl (C=O) groups is 2. The Bertz CT molecular complexity index is 445. The Labute approximate surface area is 125 Å². The number of thiophene rings is 1. The Morgan fingerprint density at radius 2 is 2.11 bits per heavy atom. The number of carbonyl (C=O) groups excluding carboxylic acids is 1. The molecular formula is C13H18BrNO3S. The van der Waals surface area contributed by atoms with Crippen LogP contribution in [0.2, 0.25) is 0 Å². The molecule has 0 aliphatic heterocycles. The topological polar surface area (TPSA) is 66.4 Å². The van der Waals surface area contributed by atoms with Crippen LogP contribution in [0.5, 0.6) is 0 Å². The van der Waals surface area contributed by atoms with Crippen molar-refractivity contribution in [1.82, 2.24) is 5.32 Å². The summed E-state index contributed by atoms with van der Waals surface area (Å²) in [6.45, 7) is 3.56. The van der Waals surface area contributed by atoms with E-state index >= 15 is 0 Å². The summed E-state index contributed by atoms with van der Waals surface area (Å²) in [5.74, 6) is -1.29. The predicted molar refractivity (Wildman–Crippen MR) is 79.4 cm³/mol. The summed E-state index contributed by atoms with van der Waals surface area (Å²) >= 11 is 5.05. The Kier molecular flexibility index (Phi) is 6.51. The second-order valence-corrected chi connectivity index (χ2v) is 7.23. The summed E-state index contributed by atoms with van der Waals surface area (Å²) in [7, 11) is 0. The number of hydrogen-bond donors (Lipinski definition) is 2. The zero-order valence-electron chi connectivity index (χ0n) is 11.0. The van der Waals surface area contributed by atoms with Crippen LogP contribution in [-0.4, -0.2) is 23.0 Å². The normalized spacial score (nSPS) is 12.4. The summed E-state index contributed by atoms with van der Waals surface area (Å²) in [5, 5.41) is 11.5. The predicted octanol–water partition coefficient (Wildman–Crippen LogP) is 3.06. The van der Waals surface area contributed by atoms with Gasteiger partial charge in [0.1, 0.15) is 6.04 Å². The molecule has 0 saturated heterocycles. The summed E-state index contributed by atoms with van der Waals surface area (Å²) in [5.41, 5.74) is 0. The highest BCUT2D eigenvalue weighted by Gasteiger charge is 2.22. The standard InChI is InChI=1S/C13H18BrNO3S/c1-8(2)12(13(17)18)15-11(16)5-3-4-9-6-7-10(14)19-9/h6-8,12H,3-5H2,1-2H3,(H,15,16)(H,17,18). The maximum Gasteiger partial charge on any atom is 0.326 e. The molecule has 0 bridgehead atoms. The molecule has 1 heterocycles. The molecule has 1 unspecified atom stereocenters. The molecule has 1 aromatic rings. The number of aliphatic carboxylic acids is 1. The van der Waals surface area contributed by atoms with E-state index in [1.54, 1.807) is 25.2 Å². The first-order valence-corrected chi connectivity index (χ1v) is 7.77. The number of carboxylic acids is 1. The van der Waals surface area contributed by atoms with Crippen molar-refractivity contribution in [3.8, 4) is 0 Å². The van der Waals surface area contributed by atoms with Crippen LogP contribution in [0, 0.1) is 5.92 Å². The molecule has 0 fully saturated rings. The second-order valence-electron chi connectivity index (χ2n) is 4.69. The molecule has 0 radical (unpaired) electrons. The van der Waals surface area contributed by atoms with Crippen molar-refractivity contribution < 1.29 is 14.7 Å². The minimum absolute atomic E-state index is 0.116. The van der Waals surface area contributed by atoms with Gasteiger partial charge in [0.15, 0.2) is 0 Å². The SMILES string of the molecule is CC(C)C(NC(=O)CCCc1ccc(Br)s1)C(=O)O. The van der Waals surface area contributed by atoms with E-state index in [1.165, 1.54) is 4.88 Å². The highest BCUT2D eigenvalue weighted by Crippen LogP contribution is 2.23. The average molecular weight is 348 g/mol. The first-order chi connectivity index (χ1) is 8.90. The fraction of sp³-hybridized carbons (Fsp3) is 0.538. The third-order valence-electron chi connectivity index (χ3n) is 2.71. The smallest absolute Gasteiger partial charge is 0.326 e. The molecule has 6 heteroatoms. The number of halogens is 1. The van der Waals surface area contributed by atoms with E-state index in [0.29, 0.717) is 6.42 Å². The van der Waals surface area contributed by atoms with Gasteiger partial charge in [0.05, 0.1) is 3.79 Å². The quantitative estimate of drug-likeness (QED) is 0.796. The Morgan fingerprint density at radius 1 is 1.42 bits per heavy atom. The maximum absolute atomic E-state index is 11.7. The van der Waals surface area contributed by atoms with Crippen LogP contribution in [0.15, 0.2) is 15.9 Å². The van der Waals surface area contributed by atoms with E-state index in [9.17, 15) is 9.59 Å². The number of aryl methyl sites for hydroxylation is 1. The molecule has 0 aliphatic carbocycles. The molecule has 19 heavy (non-hydrogen) atoms. The van der Waals surface area contributed by atoms with Crippen molar-refractivity contribution in [3.05, 3.63) is 20.8 Å². The van der Waals surface area contributed by atoms with Crippen LogP contribution in [-0.2, 0) is 16.0 Å². The minimum atomic E-state index is -0.981. The van der Waals surface area contributed by atoms with Gasteiger partial charge in [0.25, 0.3) is 0 Å². The van der Waals surface area contributed by atoms with E-state index < -0.39 is 12.0 Å². The molecule has 106 valence electrons. The fourth-order valence-electron chi connectivity index (χ4n) is 1.67. The van der Waals surface area contributed by atoms with Crippen molar-refractivity contribution in [2.24, 2.45) is 5.92 Å². The van der Waals surface area contributed by atoms with Crippen LogP contribution < -0.4 is 5.32 Å². The van der Waals surface area contributed by atoms with Crippen molar-refractivity contribution in [2.75, 3.05) is 0 Å². The monoisotopic (exact) mass is 347 g/mol. The van der Waals surface area contributed by atoms with Gasteiger partial charge in [-0.1, -0.05) is 13.8 Å². The number of carboxylic acid groups (broad SMARTS) is 1. The zero-order chi connectivity index (χ0) is 14.4. The van der Waals surface area contributed by atoms with Gasteiger partial charge in [-0.25, -0.2) is 4.79 Å². The highest BCUT2D eigenvalue weighted by atomic mass is 79.9. The maximum atomic E-state index is 11.7. The van der Waals surface area contributed by atoms with Crippen molar-refractivity contribution >= 4 is 39.1 Å². The molecule has 0 aromatic carbocycles. The van der Waals surface area contributed by atoms with Gasteiger partial charge in [0.2, 0.25) is 5.91 Å². The lowest BCUT2D eigenvalue weighted by atomic mass is 10.0. The van der Waals surface area contributed by atoms with Gasteiger partial charge in [-0.3, -0.25) is 4.79 Å². The van der Waals surface area contributed by atoms with Gasteiger partial charge in [0, 0.05) is 11.3 Å². The van der Waals surface area contributed by atoms with E-state index in [1.807, 2.05) is 12.1 Å². The van der Waals surface area contributed by atoms with Crippen LogP contribution in [0.4, 0.5) is 0 Å². The average Bonchev–Trinajstić information content (AvgIpc) is 2.71. The molecule has 0 spiro atoms. The lowest BCUT2D eigenvalue weighted by Crippen LogP contribution is -2.44. The van der Waals surface area contributed by atoms with Crippen molar-refractivity contribution in [2.45, 2.75) is 39.2 Å². The van der Waals surface area contributed by atoms with Gasteiger partial charge in [-0.15, -0.1) is 11.3 Å². The third-order valence-corrected chi connectivity index (χ3v) is 4.39. The van der Waals surface area contributed by atoms with Crippen molar-refractivity contribution in [1.29, 1.82) is 0 Å². The van der Waals surface area contributed by atoms with Gasteiger partial charge in [-0.05, 0) is 46.8 Å². The van der Waals surface area contributed by atoms with Crippen LogP contribution in [0.25, 0.3) is 0 Å². The van der Waals surface area contributed by atoms with Crippen molar-refractivity contribution in [3.63, 3.8) is 0 Å². The summed E-state index contributed by atoms with van der Waals surface area (Å²) in [4.78, 5) is 23.9. The summed E-state index contributed by atoms with van der Waals surface area (Å²) in [6.07, 6.45) is 1.92. The van der Waals surface area contributed by atoms with Gasteiger partial charge < -0.3 is 10.4 Å². The van der Waals surface area contributed by atoms with Crippen LogP contribution in [0.1, 0.15) is 31.6 Å². The molecule has 1 rings (SSSR count).